The standard InChI is InChI=1S/C14H14ClN3O/c1-3-11-13-7-17(2)14(19)10-6-9(15)4-5-12(10)18(13)8-16-11/h4-6,8H,3,7H2,1-2H3. The van der Waals surface area contributed by atoms with Gasteiger partial charge in [0.1, 0.15) is 0 Å². The summed E-state index contributed by atoms with van der Waals surface area (Å²) in [6, 6.07) is 5.39. The van der Waals surface area contributed by atoms with Crippen molar-refractivity contribution in [3.8, 4) is 5.69 Å². The number of hydrogen-bond acceptors (Lipinski definition) is 2. The van der Waals surface area contributed by atoms with Crippen molar-refractivity contribution >= 4 is 17.5 Å². The number of halogens is 1. The number of carbonyl (C=O) groups is 1. The second kappa shape index (κ2) is 4.38. The summed E-state index contributed by atoms with van der Waals surface area (Å²) in [5.74, 6) is -0.0109. The molecule has 0 radical (unpaired) electrons. The molecule has 0 aliphatic carbocycles. The monoisotopic (exact) mass is 275 g/mol. The third-order valence-corrected chi connectivity index (χ3v) is 3.71. The SMILES string of the molecule is CCc1ncn2c1CN(C)C(=O)c1cc(Cl)ccc1-2. The molecule has 0 saturated heterocycles. The van der Waals surface area contributed by atoms with Gasteiger partial charge in [-0.05, 0) is 24.6 Å². The molecule has 3 rings (SSSR count). The van der Waals surface area contributed by atoms with Crippen molar-refractivity contribution in [3.05, 3.63) is 46.5 Å². The molecule has 4 nitrogen and oxygen atoms in total. The Kier molecular flexibility index (Phi) is 2.82. The molecule has 2 aromatic rings. The lowest BCUT2D eigenvalue weighted by Crippen LogP contribution is -2.25. The molecule has 2 heterocycles. The summed E-state index contributed by atoms with van der Waals surface area (Å²) < 4.78 is 1.99. The van der Waals surface area contributed by atoms with Gasteiger partial charge in [0.05, 0.1) is 35.5 Å². The van der Waals surface area contributed by atoms with Crippen LogP contribution in [0.2, 0.25) is 5.02 Å². The van der Waals surface area contributed by atoms with Crippen molar-refractivity contribution in [2.75, 3.05) is 7.05 Å². The first-order valence-electron chi connectivity index (χ1n) is 6.22. The van der Waals surface area contributed by atoms with Gasteiger partial charge in [-0.3, -0.25) is 4.79 Å². The number of fused-ring (bicyclic) bond motifs is 3. The van der Waals surface area contributed by atoms with E-state index < -0.39 is 0 Å². The van der Waals surface area contributed by atoms with Crippen molar-refractivity contribution in [3.63, 3.8) is 0 Å². The van der Waals surface area contributed by atoms with Crippen LogP contribution in [0.15, 0.2) is 24.5 Å². The van der Waals surface area contributed by atoms with Gasteiger partial charge in [-0.15, -0.1) is 0 Å². The summed E-state index contributed by atoms with van der Waals surface area (Å²) in [6.45, 7) is 2.63. The molecule has 0 bridgehead atoms. The fourth-order valence-electron chi connectivity index (χ4n) is 2.47. The Balaban J connectivity index is 2.30. The van der Waals surface area contributed by atoms with E-state index in [1.54, 1.807) is 30.4 Å². The Labute approximate surface area is 116 Å². The molecule has 1 aromatic heterocycles. The van der Waals surface area contributed by atoms with Crippen LogP contribution >= 0.6 is 11.6 Å². The van der Waals surface area contributed by atoms with Gasteiger partial charge < -0.3 is 9.47 Å². The average Bonchev–Trinajstić information content (AvgIpc) is 2.76. The van der Waals surface area contributed by atoms with Crippen LogP contribution in [-0.2, 0) is 13.0 Å². The summed E-state index contributed by atoms with van der Waals surface area (Å²) >= 11 is 6.01. The normalized spacial score (nSPS) is 14.1. The van der Waals surface area contributed by atoms with Crippen LogP contribution in [0.1, 0.15) is 28.7 Å². The highest BCUT2D eigenvalue weighted by Gasteiger charge is 2.25. The van der Waals surface area contributed by atoms with Crippen molar-refractivity contribution in [1.82, 2.24) is 14.5 Å². The van der Waals surface area contributed by atoms with Gasteiger partial charge in [0.2, 0.25) is 0 Å². The first-order valence-corrected chi connectivity index (χ1v) is 6.60. The zero-order chi connectivity index (χ0) is 13.6. The maximum atomic E-state index is 12.4. The van der Waals surface area contributed by atoms with E-state index in [9.17, 15) is 4.79 Å². The molecule has 0 saturated carbocycles. The van der Waals surface area contributed by atoms with Crippen LogP contribution in [0.3, 0.4) is 0 Å². The van der Waals surface area contributed by atoms with Gasteiger partial charge in [0, 0.05) is 12.1 Å². The summed E-state index contributed by atoms with van der Waals surface area (Å²) in [5.41, 5.74) is 3.57. The number of imidazole rings is 1. The Bertz CT molecular complexity index is 663. The smallest absolute Gasteiger partial charge is 0.256 e. The fourth-order valence-corrected chi connectivity index (χ4v) is 2.64. The molecule has 1 aromatic carbocycles. The summed E-state index contributed by atoms with van der Waals surface area (Å²) in [6.07, 6.45) is 2.64. The molecule has 0 atom stereocenters. The largest absolute Gasteiger partial charge is 0.336 e. The van der Waals surface area contributed by atoms with E-state index in [0.29, 0.717) is 17.1 Å². The highest BCUT2D eigenvalue weighted by Crippen LogP contribution is 2.27. The molecule has 0 fully saturated rings. The van der Waals surface area contributed by atoms with Crippen molar-refractivity contribution in [2.24, 2.45) is 0 Å². The summed E-state index contributed by atoms with van der Waals surface area (Å²) in [4.78, 5) is 18.5. The van der Waals surface area contributed by atoms with Crippen LogP contribution in [0.25, 0.3) is 5.69 Å². The minimum Gasteiger partial charge on any atom is -0.336 e. The molecular formula is C14H14ClN3O. The van der Waals surface area contributed by atoms with Gasteiger partial charge in [-0.25, -0.2) is 4.98 Å². The molecule has 1 amide bonds. The highest BCUT2D eigenvalue weighted by molar-refractivity contribution is 6.31. The van der Waals surface area contributed by atoms with E-state index in [0.717, 1.165) is 23.5 Å². The van der Waals surface area contributed by atoms with Crippen LogP contribution < -0.4 is 0 Å². The number of carbonyl (C=O) groups excluding carboxylic acids is 1. The first kappa shape index (κ1) is 12.2. The lowest BCUT2D eigenvalue weighted by atomic mass is 10.1. The number of hydrogen-bond donors (Lipinski definition) is 0. The Morgan fingerprint density at radius 1 is 1.42 bits per heavy atom. The van der Waals surface area contributed by atoms with Crippen molar-refractivity contribution in [2.45, 2.75) is 19.9 Å². The van der Waals surface area contributed by atoms with Gasteiger partial charge in [0.15, 0.2) is 0 Å². The zero-order valence-corrected chi connectivity index (χ0v) is 11.6. The maximum Gasteiger partial charge on any atom is 0.256 e. The van der Waals surface area contributed by atoms with E-state index in [1.165, 1.54) is 0 Å². The molecule has 0 unspecified atom stereocenters. The third-order valence-electron chi connectivity index (χ3n) is 3.47. The van der Waals surface area contributed by atoms with Gasteiger partial charge in [-0.2, -0.15) is 0 Å². The Morgan fingerprint density at radius 3 is 2.95 bits per heavy atom. The number of aromatic nitrogens is 2. The average molecular weight is 276 g/mol. The Morgan fingerprint density at radius 2 is 2.21 bits per heavy atom. The fraction of sp³-hybridized carbons (Fsp3) is 0.286. The van der Waals surface area contributed by atoms with Crippen molar-refractivity contribution in [1.29, 1.82) is 0 Å². The van der Waals surface area contributed by atoms with E-state index in [1.807, 2.05) is 10.6 Å². The molecule has 0 N–H and O–H groups in total. The van der Waals surface area contributed by atoms with Crippen LogP contribution in [-0.4, -0.2) is 27.4 Å². The maximum absolute atomic E-state index is 12.4. The predicted molar refractivity (Wildman–Crippen MR) is 73.7 cm³/mol. The van der Waals surface area contributed by atoms with E-state index in [-0.39, 0.29) is 5.91 Å². The second-order valence-electron chi connectivity index (χ2n) is 4.68. The predicted octanol–water partition coefficient (Wildman–Crippen LogP) is 2.67. The molecular weight excluding hydrogens is 262 g/mol. The zero-order valence-electron chi connectivity index (χ0n) is 10.9. The minimum atomic E-state index is -0.0109. The molecule has 1 aliphatic heterocycles. The van der Waals surface area contributed by atoms with Crippen molar-refractivity contribution < 1.29 is 4.79 Å². The number of rotatable bonds is 1. The number of benzene rings is 1. The minimum absolute atomic E-state index is 0.0109. The number of amides is 1. The topological polar surface area (TPSA) is 38.1 Å². The van der Waals surface area contributed by atoms with Gasteiger partial charge in [-0.1, -0.05) is 18.5 Å². The van der Waals surface area contributed by atoms with E-state index in [4.69, 9.17) is 11.6 Å². The second-order valence-corrected chi connectivity index (χ2v) is 5.12. The van der Waals surface area contributed by atoms with Gasteiger partial charge in [0.25, 0.3) is 5.91 Å². The van der Waals surface area contributed by atoms with Gasteiger partial charge >= 0.3 is 0 Å². The summed E-state index contributed by atoms with van der Waals surface area (Å²) in [7, 11) is 1.80. The van der Waals surface area contributed by atoms with Crippen LogP contribution in [0.5, 0.6) is 0 Å². The molecule has 19 heavy (non-hydrogen) atoms. The van der Waals surface area contributed by atoms with Crippen LogP contribution in [0, 0.1) is 0 Å². The molecule has 0 spiro atoms. The molecule has 1 aliphatic rings. The van der Waals surface area contributed by atoms with E-state index >= 15 is 0 Å². The van der Waals surface area contributed by atoms with Crippen LogP contribution in [0.4, 0.5) is 0 Å². The quantitative estimate of drug-likeness (QED) is 0.802. The van der Waals surface area contributed by atoms with E-state index in [2.05, 4.69) is 11.9 Å². The third kappa shape index (κ3) is 1.83. The number of nitrogens with zero attached hydrogens (tertiary/aromatic N) is 3. The Hall–Kier alpha value is -1.81. The first-order chi connectivity index (χ1) is 9.11. The number of aryl methyl sites for hydroxylation is 1. The summed E-state index contributed by atoms with van der Waals surface area (Å²) in [5, 5.41) is 0.569. The molecule has 98 valence electrons. The lowest BCUT2D eigenvalue weighted by Gasteiger charge is -2.14. The molecule has 5 heteroatoms. The lowest BCUT2D eigenvalue weighted by molar-refractivity contribution is 0.0787. The highest BCUT2D eigenvalue weighted by atomic mass is 35.5.